The number of nitrogens with zero attached hydrogens (tertiary/aromatic N) is 1. The van der Waals surface area contributed by atoms with Gasteiger partial charge in [0.25, 0.3) is 0 Å². The Hall–Kier alpha value is -1.98. The average Bonchev–Trinajstić information content (AvgIpc) is 2.85. The zero-order valence-electron chi connectivity index (χ0n) is 14.6. The molecule has 1 aliphatic heterocycles. The lowest BCUT2D eigenvalue weighted by molar-refractivity contribution is -0.144. The molecule has 1 heterocycles. The molecule has 1 fully saturated rings. The predicted octanol–water partition coefficient (Wildman–Crippen LogP) is 3.98. The van der Waals surface area contributed by atoms with Crippen molar-refractivity contribution in [3.8, 4) is 0 Å². The molecule has 1 saturated heterocycles. The molecule has 2 rings (SSSR count). The maximum absolute atomic E-state index is 13.0. The fourth-order valence-electron chi connectivity index (χ4n) is 2.88. The van der Waals surface area contributed by atoms with Crippen LogP contribution in [0.15, 0.2) is 18.2 Å². The second kappa shape index (κ2) is 7.80. The first-order valence-corrected chi connectivity index (χ1v) is 9.73. The van der Waals surface area contributed by atoms with E-state index >= 15 is 0 Å². The van der Waals surface area contributed by atoms with Crippen LogP contribution in [0.3, 0.4) is 0 Å². The van der Waals surface area contributed by atoms with Crippen LogP contribution in [-0.4, -0.2) is 32.8 Å². The standard InChI is InChI=1S/C16H17F6NO4S/c1-2-27-14(24)4-3-13-5-6-23(28(13,25)26)12-8-10(15(17,18)19)7-11(9-12)16(20,21)22/h7-9,13H,2-6H2,1H3. The lowest BCUT2D eigenvalue weighted by atomic mass is 10.1. The molecule has 1 aromatic rings. The van der Waals surface area contributed by atoms with Crippen LogP contribution in [0.5, 0.6) is 0 Å². The molecule has 0 bridgehead atoms. The summed E-state index contributed by atoms with van der Waals surface area (Å²) in [5.41, 5.74) is -3.90. The fourth-order valence-corrected chi connectivity index (χ4v) is 4.82. The maximum Gasteiger partial charge on any atom is 0.416 e. The second-order valence-electron chi connectivity index (χ2n) is 6.14. The van der Waals surface area contributed by atoms with Gasteiger partial charge in [0.2, 0.25) is 10.0 Å². The van der Waals surface area contributed by atoms with Crippen molar-refractivity contribution >= 4 is 21.7 Å². The number of hydrogen-bond donors (Lipinski definition) is 0. The van der Waals surface area contributed by atoms with Gasteiger partial charge in [-0.25, -0.2) is 8.42 Å². The van der Waals surface area contributed by atoms with E-state index < -0.39 is 50.4 Å². The molecule has 0 amide bonds. The first-order chi connectivity index (χ1) is 12.8. The quantitative estimate of drug-likeness (QED) is 0.521. The normalized spacial score (nSPS) is 19.7. The Morgan fingerprint density at radius 3 is 2.11 bits per heavy atom. The van der Waals surface area contributed by atoms with Gasteiger partial charge in [-0.05, 0) is 38.0 Å². The Morgan fingerprint density at radius 2 is 1.64 bits per heavy atom. The molecule has 28 heavy (non-hydrogen) atoms. The van der Waals surface area contributed by atoms with Crippen LogP contribution in [0.4, 0.5) is 32.0 Å². The number of carbonyl (C=O) groups excluding carboxylic acids is 1. The minimum absolute atomic E-state index is 0.0284. The number of sulfonamides is 1. The molecule has 1 aromatic carbocycles. The van der Waals surface area contributed by atoms with E-state index in [2.05, 4.69) is 0 Å². The van der Waals surface area contributed by atoms with E-state index in [1.807, 2.05) is 0 Å². The second-order valence-corrected chi connectivity index (χ2v) is 8.27. The van der Waals surface area contributed by atoms with Crippen molar-refractivity contribution in [2.75, 3.05) is 17.5 Å². The molecule has 12 heteroatoms. The maximum atomic E-state index is 13.0. The molecule has 0 saturated carbocycles. The summed E-state index contributed by atoms with van der Waals surface area (Å²) in [5.74, 6) is -0.630. The van der Waals surface area contributed by atoms with Crippen LogP contribution >= 0.6 is 0 Å². The highest BCUT2D eigenvalue weighted by molar-refractivity contribution is 7.93. The Labute approximate surface area is 157 Å². The Kier molecular flexibility index (Phi) is 6.22. The summed E-state index contributed by atoms with van der Waals surface area (Å²) in [5, 5.41) is -1.10. The number of benzene rings is 1. The van der Waals surface area contributed by atoms with Crippen LogP contribution in [0.1, 0.15) is 37.3 Å². The summed E-state index contributed by atoms with van der Waals surface area (Å²) in [7, 11) is -4.23. The topological polar surface area (TPSA) is 63.7 Å². The third kappa shape index (κ3) is 4.89. The zero-order chi connectivity index (χ0) is 21.3. The molecular weight excluding hydrogens is 416 g/mol. The van der Waals surface area contributed by atoms with Gasteiger partial charge < -0.3 is 4.74 Å². The zero-order valence-corrected chi connectivity index (χ0v) is 15.4. The molecule has 158 valence electrons. The molecule has 0 aromatic heterocycles. The number of alkyl halides is 6. The van der Waals surface area contributed by atoms with E-state index in [0.29, 0.717) is 16.4 Å². The summed E-state index contributed by atoms with van der Waals surface area (Å²) in [6.07, 6.45) is -10.5. The Balaban J connectivity index is 2.35. The highest BCUT2D eigenvalue weighted by Crippen LogP contribution is 2.40. The van der Waals surface area contributed by atoms with Crippen molar-refractivity contribution in [1.82, 2.24) is 0 Å². The molecule has 0 aliphatic carbocycles. The lowest BCUT2D eigenvalue weighted by Crippen LogP contribution is -2.30. The molecule has 5 nitrogen and oxygen atoms in total. The van der Waals surface area contributed by atoms with Gasteiger partial charge in [-0.1, -0.05) is 0 Å². The van der Waals surface area contributed by atoms with Crippen LogP contribution in [0.2, 0.25) is 0 Å². The summed E-state index contributed by atoms with van der Waals surface area (Å²) in [4.78, 5) is 11.4. The number of hydrogen-bond acceptors (Lipinski definition) is 4. The Morgan fingerprint density at radius 1 is 1.11 bits per heavy atom. The lowest BCUT2D eigenvalue weighted by Gasteiger charge is -2.22. The molecule has 1 aliphatic rings. The van der Waals surface area contributed by atoms with Crippen molar-refractivity contribution in [1.29, 1.82) is 0 Å². The van der Waals surface area contributed by atoms with Crippen molar-refractivity contribution in [3.63, 3.8) is 0 Å². The average molecular weight is 433 g/mol. The number of ether oxygens (including phenoxy) is 1. The van der Waals surface area contributed by atoms with Crippen molar-refractivity contribution in [3.05, 3.63) is 29.3 Å². The van der Waals surface area contributed by atoms with Gasteiger partial charge in [-0.2, -0.15) is 26.3 Å². The first kappa shape index (κ1) is 22.3. The van der Waals surface area contributed by atoms with E-state index in [1.54, 1.807) is 6.92 Å². The highest BCUT2D eigenvalue weighted by Gasteiger charge is 2.42. The van der Waals surface area contributed by atoms with Gasteiger partial charge in [-0.3, -0.25) is 9.10 Å². The summed E-state index contributed by atoms with van der Waals surface area (Å²) >= 11 is 0. The van der Waals surface area contributed by atoms with Gasteiger partial charge in [0.1, 0.15) is 0 Å². The molecule has 1 unspecified atom stereocenters. The van der Waals surface area contributed by atoms with Crippen LogP contribution in [0.25, 0.3) is 0 Å². The Bertz CT molecular complexity index is 802. The monoisotopic (exact) mass is 433 g/mol. The molecular formula is C16H17F6NO4S. The summed E-state index contributed by atoms with van der Waals surface area (Å²) in [6, 6.07) is 0.686. The minimum Gasteiger partial charge on any atom is -0.466 e. The van der Waals surface area contributed by atoms with Crippen molar-refractivity contribution in [2.24, 2.45) is 0 Å². The summed E-state index contributed by atoms with van der Waals surface area (Å²) in [6.45, 7) is 1.39. The minimum atomic E-state index is -5.08. The smallest absolute Gasteiger partial charge is 0.416 e. The SMILES string of the molecule is CCOC(=O)CCC1CCN(c2cc(C(F)(F)F)cc(C(F)(F)F)c2)S1(=O)=O. The van der Waals surface area contributed by atoms with E-state index in [9.17, 15) is 39.6 Å². The summed E-state index contributed by atoms with van der Waals surface area (Å²) < 4.78 is 108. The van der Waals surface area contributed by atoms with Crippen molar-refractivity contribution < 1.29 is 44.3 Å². The van der Waals surface area contributed by atoms with Gasteiger partial charge in [0.05, 0.1) is 28.7 Å². The molecule has 0 radical (unpaired) electrons. The largest absolute Gasteiger partial charge is 0.466 e. The van der Waals surface area contributed by atoms with Crippen LogP contribution in [0, 0.1) is 0 Å². The highest BCUT2D eigenvalue weighted by atomic mass is 32.2. The van der Waals surface area contributed by atoms with Gasteiger partial charge in [-0.15, -0.1) is 0 Å². The third-order valence-corrected chi connectivity index (χ3v) is 6.54. The van der Waals surface area contributed by atoms with Gasteiger partial charge in [0, 0.05) is 13.0 Å². The van der Waals surface area contributed by atoms with Crippen LogP contribution in [-0.2, 0) is 31.9 Å². The van der Waals surface area contributed by atoms with E-state index in [-0.39, 0.29) is 38.5 Å². The van der Waals surface area contributed by atoms with Gasteiger partial charge in [0.15, 0.2) is 0 Å². The fraction of sp³-hybridized carbons (Fsp3) is 0.562. The molecule has 1 atom stereocenters. The van der Waals surface area contributed by atoms with Crippen LogP contribution < -0.4 is 4.31 Å². The molecule has 0 N–H and O–H groups in total. The van der Waals surface area contributed by atoms with E-state index in [1.165, 1.54) is 0 Å². The molecule has 0 spiro atoms. The predicted molar refractivity (Wildman–Crippen MR) is 87.0 cm³/mol. The number of esters is 1. The van der Waals surface area contributed by atoms with E-state index in [0.717, 1.165) is 0 Å². The first-order valence-electron chi connectivity index (χ1n) is 8.23. The van der Waals surface area contributed by atoms with Crippen molar-refractivity contribution in [2.45, 2.75) is 43.8 Å². The number of carbonyl (C=O) groups is 1. The third-order valence-electron chi connectivity index (χ3n) is 4.22. The van der Waals surface area contributed by atoms with E-state index in [4.69, 9.17) is 4.74 Å². The number of anilines is 1. The number of rotatable bonds is 5. The number of halogens is 6. The van der Waals surface area contributed by atoms with Gasteiger partial charge >= 0.3 is 18.3 Å².